The molecule has 0 fully saturated rings. The van der Waals surface area contributed by atoms with Gasteiger partial charge in [-0.15, -0.1) is 0 Å². The first-order valence-electron chi connectivity index (χ1n) is 4.84. The number of carbonyl (C=O) groups is 1. The molecule has 0 N–H and O–H groups in total. The molecule has 0 saturated carbocycles. The zero-order valence-electron chi connectivity index (χ0n) is 8.22. The van der Waals surface area contributed by atoms with Crippen molar-refractivity contribution in [2.75, 3.05) is 0 Å². The Morgan fingerprint density at radius 2 is 2.00 bits per heavy atom. The normalized spacial score (nSPS) is 10.1. The third kappa shape index (κ3) is 2.73. The highest BCUT2D eigenvalue weighted by molar-refractivity contribution is 7.08. The molecular weight excluding hydrogens is 206 g/mol. The molecule has 76 valence electrons. The van der Waals surface area contributed by atoms with Crippen molar-refractivity contribution >= 4 is 17.3 Å². The van der Waals surface area contributed by atoms with E-state index in [1.807, 2.05) is 30.3 Å². The summed E-state index contributed by atoms with van der Waals surface area (Å²) < 4.78 is 3.92. The molecule has 0 atom stereocenters. The van der Waals surface area contributed by atoms with Crippen molar-refractivity contribution in [2.24, 2.45) is 0 Å². The van der Waals surface area contributed by atoms with Crippen LogP contribution in [0.3, 0.4) is 0 Å². The number of ketones is 1. The van der Waals surface area contributed by atoms with E-state index < -0.39 is 0 Å². The van der Waals surface area contributed by atoms with Crippen LogP contribution in [0, 0.1) is 0 Å². The molecule has 1 aromatic carbocycles. The van der Waals surface area contributed by atoms with Crippen LogP contribution in [0.15, 0.2) is 42.6 Å². The van der Waals surface area contributed by atoms with Gasteiger partial charge in [0.2, 0.25) is 0 Å². The van der Waals surface area contributed by atoms with E-state index in [-0.39, 0.29) is 5.78 Å². The van der Waals surface area contributed by atoms with Crippen LogP contribution in [0.1, 0.15) is 21.7 Å². The zero-order valence-corrected chi connectivity index (χ0v) is 9.04. The molecule has 0 radical (unpaired) electrons. The molecule has 0 aliphatic carbocycles. The predicted octanol–water partition coefficient (Wildman–Crippen LogP) is 2.96. The number of hydrogen-bond acceptors (Lipinski definition) is 3. The summed E-state index contributed by atoms with van der Waals surface area (Å²) in [7, 11) is 0. The number of aromatic nitrogens is 1. The summed E-state index contributed by atoms with van der Waals surface area (Å²) in [6.45, 7) is 0. The molecule has 3 heteroatoms. The van der Waals surface area contributed by atoms with Crippen molar-refractivity contribution in [1.29, 1.82) is 0 Å². The Bertz CT molecular complexity index is 422. The third-order valence-corrected chi connectivity index (χ3v) is 2.98. The Morgan fingerprint density at radius 3 is 2.67 bits per heavy atom. The molecule has 0 amide bonds. The fraction of sp³-hybridized carbons (Fsp3) is 0.167. The SMILES string of the molecule is O=C(CCc1ccccc1)c1ccns1. The van der Waals surface area contributed by atoms with Crippen LogP contribution >= 0.6 is 11.5 Å². The van der Waals surface area contributed by atoms with E-state index in [1.54, 1.807) is 12.3 Å². The summed E-state index contributed by atoms with van der Waals surface area (Å²) in [5.41, 5.74) is 1.20. The van der Waals surface area contributed by atoms with Crippen molar-refractivity contribution in [3.63, 3.8) is 0 Å². The number of carbonyl (C=O) groups excluding carboxylic acids is 1. The van der Waals surface area contributed by atoms with Crippen LogP contribution in [0.2, 0.25) is 0 Å². The van der Waals surface area contributed by atoms with Crippen LogP contribution in [0.4, 0.5) is 0 Å². The van der Waals surface area contributed by atoms with Gasteiger partial charge >= 0.3 is 0 Å². The van der Waals surface area contributed by atoms with Gasteiger partial charge in [-0.25, -0.2) is 4.37 Å². The lowest BCUT2D eigenvalue weighted by molar-refractivity contribution is 0.0987. The van der Waals surface area contributed by atoms with E-state index in [2.05, 4.69) is 4.37 Å². The van der Waals surface area contributed by atoms with Crippen molar-refractivity contribution in [1.82, 2.24) is 4.37 Å². The van der Waals surface area contributed by atoms with Gasteiger partial charge in [-0.2, -0.15) is 0 Å². The number of rotatable bonds is 4. The Balaban J connectivity index is 1.92. The highest BCUT2D eigenvalue weighted by Crippen LogP contribution is 2.10. The van der Waals surface area contributed by atoms with Gasteiger partial charge in [0.1, 0.15) is 0 Å². The molecule has 1 aromatic heterocycles. The average Bonchev–Trinajstić information content (AvgIpc) is 2.81. The second kappa shape index (κ2) is 4.84. The Labute approximate surface area is 92.7 Å². The topological polar surface area (TPSA) is 30.0 Å². The molecular formula is C12H11NOS. The molecule has 0 aliphatic rings. The Kier molecular flexibility index (Phi) is 3.25. The van der Waals surface area contributed by atoms with Gasteiger partial charge in [0.05, 0.1) is 4.88 Å². The first-order chi connectivity index (χ1) is 7.36. The lowest BCUT2D eigenvalue weighted by Crippen LogP contribution is -1.98. The van der Waals surface area contributed by atoms with E-state index in [4.69, 9.17) is 0 Å². The fourth-order valence-electron chi connectivity index (χ4n) is 1.39. The first kappa shape index (κ1) is 10.1. The smallest absolute Gasteiger partial charge is 0.174 e. The second-order valence-corrected chi connectivity index (χ2v) is 4.12. The van der Waals surface area contributed by atoms with Crippen LogP contribution in [-0.2, 0) is 6.42 Å². The Hall–Kier alpha value is -1.48. The van der Waals surface area contributed by atoms with E-state index in [0.29, 0.717) is 6.42 Å². The maximum absolute atomic E-state index is 11.6. The minimum absolute atomic E-state index is 0.182. The van der Waals surface area contributed by atoms with Gasteiger partial charge in [-0.3, -0.25) is 4.79 Å². The molecule has 2 rings (SSSR count). The molecule has 0 unspecified atom stereocenters. The zero-order chi connectivity index (χ0) is 10.5. The summed E-state index contributed by atoms with van der Waals surface area (Å²) in [5, 5.41) is 0. The number of hydrogen-bond donors (Lipinski definition) is 0. The lowest BCUT2D eigenvalue weighted by Gasteiger charge is -1.98. The molecule has 2 aromatic rings. The fourth-order valence-corrected chi connectivity index (χ4v) is 1.95. The van der Waals surface area contributed by atoms with Gasteiger partial charge < -0.3 is 0 Å². The van der Waals surface area contributed by atoms with Crippen LogP contribution < -0.4 is 0 Å². The molecule has 15 heavy (non-hydrogen) atoms. The lowest BCUT2D eigenvalue weighted by atomic mass is 10.1. The van der Waals surface area contributed by atoms with E-state index >= 15 is 0 Å². The van der Waals surface area contributed by atoms with E-state index in [9.17, 15) is 4.79 Å². The molecule has 0 saturated heterocycles. The van der Waals surface area contributed by atoms with E-state index in [0.717, 1.165) is 11.3 Å². The highest BCUT2D eigenvalue weighted by atomic mass is 32.1. The summed E-state index contributed by atoms with van der Waals surface area (Å²) in [4.78, 5) is 12.4. The van der Waals surface area contributed by atoms with Crippen molar-refractivity contribution in [3.05, 3.63) is 53.0 Å². The summed E-state index contributed by atoms with van der Waals surface area (Å²) in [6, 6.07) is 11.8. The minimum Gasteiger partial charge on any atom is -0.293 e. The van der Waals surface area contributed by atoms with Gasteiger partial charge in [0.25, 0.3) is 0 Å². The molecule has 0 spiro atoms. The Morgan fingerprint density at radius 1 is 1.20 bits per heavy atom. The van der Waals surface area contributed by atoms with Gasteiger partial charge in [0.15, 0.2) is 5.78 Å². The van der Waals surface area contributed by atoms with Crippen molar-refractivity contribution in [2.45, 2.75) is 12.8 Å². The third-order valence-electron chi connectivity index (χ3n) is 2.20. The largest absolute Gasteiger partial charge is 0.293 e. The number of benzene rings is 1. The van der Waals surface area contributed by atoms with Crippen LogP contribution in [0.25, 0.3) is 0 Å². The minimum atomic E-state index is 0.182. The highest BCUT2D eigenvalue weighted by Gasteiger charge is 2.07. The predicted molar refractivity (Wildman–Crippen MR) is 61.2 cm³/mol. The van der Waals surface area contributed by atoms with Gasteiger partial charge in [-0.1, -0.05) is 30.3 Å². The number of Topliss-reactive ketones (excluding diaryl/α,β-unsaturated/α-hetero) is 1. The summed E-state index contributed by atoms with van der Waals surface area (Å²) >= 11 is 1.27. The van der Waals surface area contributed by atoms with E-state index in [1.165, 1.54) is 17.1 Å². The van der Waals surface area contributed by atoms with Gasteiger partial charge in [0, 0.05) is 12.6 Å². The standard InChI is InChI=1S/C12H11NOS/c14-11(12-8-9-13-15-12)7-6-10-4-2-1-3-5-10/h1-5,8-9H,6-7H2. The molecule has 2 nitrogen and oxygen atoms in total. The molecule has 0 bridgehead atoms. The first-order valence-corrected chi connectivity index (χ1v) is 5.61. The number of nitrogens with zero attached hydrogens (tertiary/aromatic N) is 1. The quantitative estimate of drug-likeness (QED) is 0.737. The summed E-state index contributed by atoms with van der Waals surface area (Å²) in [6.07, 6.45) is 3.03. The molecule has 0 aliphatic heterocycles. The van der Waals surface area contributed by atoms with Gasteiger partial charge in [-0.05, 0) is 29.6 Å². The average molecular weight is 217 g/mol. The second-order valence-electron chi connectivity index (χ2n) is 3.29. The van der Waals surface area contributed by atoms with Crippen molar-refractivity contribution in [3.8, 4) is 0 Å². The van der Waals surface area contributed by atoms with Crippen LogP contribution in [-0.4, -0.2) is 10.2 Å². The van der Waals surface area contributed by atoms with Crippen LogP contribution in [0.5, 0.6) is 0 Å². The number of aryl methyl sites for hydroxylation is 1. The maximum Gasteiger partial charge on any atom is 0.174 e. The maximum atomic E-state index is 11.6. The monoisotopic (exact) mass is 217 g/mol. The van der Waals surface area contributed by atoms with Crippen molar-refractivity contribution < 1.29 is 4.79 Å². The summed E-state index contributed by atoms with van der Waals surface area (Å²) in [5.74, 6) is 0.182. The molecule has 1 heterocycles.